The fourth-order valence-electron chi connectivity index (χ4n) is 3.23. The maximum atomic E-state index is 12.5. The van der Waals surface area contributed by atoms with Crippen molar-refractivity contribution in [3.05, 3.63) is 48.0 Å². The number of fused-ring (bicyclic) bond motifs is 1. The van der Waals surface area contributed by atoms with Crippen LogP contribution in [-0.4, -0.2) is 38.5 Å². The van der Waals surface area contributed by atoms with Gasteiger partial charge in [0.15, 0.2) is 0 Å². The number of hydrogen-bond acceptors (Lipinski definition) is 4. The summed E-state index contributed by atoms with van der Waals surface area (Å²) in [6, 6.07) is 13.2. The first-order chi connectivity index (χ1) is 12.8. The third-order valence-electron chi connectivity index (χ3n) is 4.78. The molecule has 0 bridgehead atoms. The van der Waals surface area contributed by atoms with Gasteiger partial charge in [0.05, 0.1) is 0 Å². The minimum Gasteiger partial charge on any atom is -0.378 e. The van der Waals surface area contributed by atoms with E-state index in [4.69, 9.17) is 0 Å². The number of carbonyl (C=O) groups excluding carboxylic acids is 2. The Morgan fingerprint density at radius 1 is 1.07 bits per heavy atom. The summed E-state index contributed by atoms with van der Waals surface area (Å²) in [6.45, 7) is 4.13. The van der Waals surface area contributed by atoms with Crippen molar-refractivity contribution in [1.82, 2.24) is 0 Å². The highest BCUT2D eigenvalue weighted by Gasteiger charge is 2.22. The molecule has 1 heterocycles. The van der Waals surface area contributed by atoms with Gasteiger partial charge in [-0.15, -0.1) is 0 Å². The molecule has 0 saturated heterocycles. The average molecular weight is 366 g/mol. The molecule has 27 heavy (non-hydrogen) atoms. The molecular weight excluding hydrogens is 340 g/mol. The van der Waals surface area contributed by atoms with E-state index in [1.165, 1.54) is 0 Å². The zero-order valence-corrected chi connectivity index (χ0v) is 16.2. The molecule has 0 spiro atoms. The maximum absolute atomic E-state index is 12.5. The number of anilines is 4. The van der Waals surface area contributed by atoms with Gasteiger partial charge >= 0.3 is 0 Å². The molecule has 0 unspecified atom stereocenters. The standard InChI is InChI=1S/C21H26N4O2/c1-14(21(27)23-17-5-8-19(9-6-17)24(3)4)22-18-7-10-20-16(13-18)11-12-25(20)15(2)26/h5-10,13-14,22H,11-12H2,1-4H3,(H,23,27)/t14-/m1/s1. The van der Waals surface area contributed by atoms with Crippen molar-refractivity contribution in [2.45, 2.75) is 26.3 Å². The highest BCUT2D eigenvalue weighted by molar-refractivity contribution is 5.97. The van der Waals surface area contributed by atoms with Crippen LogP contribution in [0.3, 0.4) is 0 Å². The fraction of sp³-hybridized carbons (Fsp3) is 0.333. The molecule has 2 N–H and O–H groups in total. The van der Waals surface area contributed by atoms with E-state index in [9.17, 15) is 9.59 Å². The van der Waals surface area contributed by atoms with Gasteiger partial charge in [-0.2, -0.15) is 0 Å². The molecule has 0 fully saturated rings. The second-order valence-electron chi connectivity index (χ2n) is 7.06. The lowest BCUT2D eigenvalue weighted by Crippen LogP contribution is -2.31. The van der Waals surface area contributed by atoms with Gasteiger partial charge in [0.25, 0.3) is 0 Å². The SMILES string of the molecule is CC(=O)N1CCc2cc(N[C@H](C)C(=O)Nc3ccc(N(C)C)cc3)ccc21. The van der Waals surface area contributed by atoms with Crippen LogP contribution in [0.25, 0.3) is 0 Å². The summed E-state index contributed by atoms with van der Waals surface area (Å²) < 4.78 is 0. The number of hydrogen-bond donors (Lipinski definition) is 2. The zero-order valence-electron chi connectivity index (χ0n) is 16.2. The van der Waals surface area contributed by atoms with Gasteiger partial charge in [-0.3, -0.25) is 9.59 Å². The lowest BCUT2D eigenvalue weighted by atomic mass is 10.1. The Labute approximate surface area is 160 Å². The van der Waals surface area contributed by atoms with Crippen LogP contribution < -0.4 is 20.4 Å². The molecule has 142 valence electrons. The largest absolute Gasteiger partial charge is 0.378 e. The van der Waals surface area contributed by atoms with Crippen molar-refractivity contribution in [3.63, 3.8) is 0 Å². The Morgan fingerprint density at radius 2 is 1.74 bits per heavy atom. The van der Waals surface area contributed by atoms with E-state index in [1.807, 2.05) is 68.4 Å². The highest BCUT2D eigenvalue weighted by Crippen LogP contribution is 2.30. The molecule has 0 aliphatic carbocycles. The van der Waals surface area contributed by atoms with Crippen molar-refractivity contribution in [2.75, 3.05) is 41.1 Å². The number of rotatable bonds is 5. The van der Waals surface area contributed by atoms with Crippen LogP contribution in [0.1, 0.15) is 19.4 Å². The van der Waals surface area contributed by atoms with E-state index < -0.39 is 0 Å². The van der Waals surface area contributed by atoms with Crippen molar-refractivity contribution in [3.8, 4) is 0 Å². The molecule has 3 rings (SSSR count). The summed E-state index contributed by atoms with van der Waals surface area (Å²) in [5, 5.41) is 6.17. The summed E-state index contributed by atoms with van der Waals surface area (Å²) in [5.74, 6) is -0.0408. The topological polar surface area (TPSA) is 64.7 Å². The van der Waals surface area contributed by atoms with E-state index in [0.717, 1.165) is 34.7 Å². The quantitative estimate of drug-likeness (QED) is 0.853. The molecule has 0 saturated carbocycles. The smallest absolute Gasteiger partial charge is 0.246 e. The third-order valence-corrected chi connectivity index (χ3v) is 4.78. The predicted octanol–water partition coefficient (Wildman–Crippen LogP) is 3.10. The molecule has 2 aromatic carbocycles. The summed E-state index contributed by atoms with van der Waals surface area (Å²) in [6.07, 6.45) is 0.837. The zero-order chi connectivity index (χ0) is 19.6. The molecule has 1 atom stereocenters. The van der Waals surface area contributed by atoms with Crippen LogP contribution >= 0.6 is 0 Å². The van der Waals surface area contributed by atoms with Gasteiger partial charge in [0, 0.05) is 50.3 Å². The van der Waals surface area contributed by atoms with Gasteiger partial charge in [-0.1, -0.05) is 0 Å². The van der Waals surface area contributed by atoms with Gasteiger partial charge < -0.3 is 20.4 Å². The second-order valence-corrected chi connectivity index (χ2v) is 7.06. The predicted molar refractivity (Wildman–Crippen MR) is 111 cm³/mol. The average Bonchev–Trinajstić information content (AvgIpc) is 3.05. The van der Waals surface area contributed by atoms with E-state index in [0.29, 0.717) is 6.54 Å². The summed E-state index contributed by atoms with van der Waals surface area (Å²) >= 11 is 0. The molecule has 1 aliphatic heterocycles. The Morgan fingerprint density at radius 3 is 2.37 bits per heavy atom. The van der Waals surface area contributed by atoms with Crippen molar-refractivity contribution in [2.24, 2.45) is 0 Å². The van der Waals surface area contributed by atoms with Crippen LogP contribution in [0.4, 0.5) is 22.7 Å². The van der Waals surface area contributed by atoms with Crippen LogP contribution in [-0.2, 0) is 16.0 Å². The van der Waals surface area contributed by atoms with Crippen LogP contribution in [0.15, 0.2) is 42.5 Å². The van der Waals surface area contributed by atoms with E-state index in [-0.39, 0.29) is 17.9 Å². The third kappa shape index (κ3) is 4.22. The minimum atomic E-state index is -0.387. The van der Waals surface area contributed by atoms with Crippen molar-refractivity contribution >= 4 is 34.6 Å². The van der Waals surface area contributed by atoms with E-state index in [2.05, 4.69) is 10.6 Å². The molecule has 2 aromatic rings. The summed E-state index contributed by atoms with van der Waals surface area (Å²) in [5.41, 5.74) is 4.82. The molecule has 0 radical (unpaired) electrons. The van der Waals surface area contributed by atoms with Crippen LogP contribution in [0.2, 0.25) is 0 Å². The number of carbonyl (C=O) groups is 2. The number of nitrogens with one attached hydrogen (secondary N) is 2. The van der Waals surface area contributed by atoms with Crippen LogP contribution in [0, 0.1) is 0 Å². The monoisotopic (exact) mass is 366 g/mol. The van der Waals surface area contributed by atoms with Crippen LogP contribution in [0.5, 0.6) is 0 Å². The fourth-order valence-corrected chi connectivity index (χ4v) is 3.23. The van der Waals surface area contributed by atoms with E-state index in [1.54, 1.807) is 11.8 Å². The Kier molecular flexibility index (Phi) is 5.35. The first kappa shape index (κ1) is 18.8. The Balaban J connectivity index is 1.62. The van der Waals surface area contributed by atoms with Gasteiger partial charge in [0.2, 0.25) is 11.8 Å². The van der Waals surface area contributed by atoms with Crippen molar-refractivity contribution < 1.29 is 9.59 Å². The maximum Gasteiger partial charge on any atom is 0.246 e. The minimum absolute atomic E-state index is 0.0579. The molecule has 6 heteroatoms. The molecule has 2 amide bonds. The van der Waals surface area contributed by atoms with Gasteiger partial charge in [-0.25, -0.2) is 0 Å². The van der Waals surface area contributed by atoms with E-state index >= 15 is 0 Å². The van der Waals surface area contributed by atoms with Gasteiger partial charge in [0.1, 0.15) is 6.04 Å². The van der Waals surface area contributed by atoms with Gasteiger partial charge in [-0.05, 0) is 61.4 Å². The summed E-state index contributed by atoms with van der Waals surface area (Å²) in [7, 11) is 3.96. The Bertz CT molecular complexity index is 846. The second kappa shape index (κ2) is 7.70. The molecule has 0 aromatic heterocycles. The number of nitrogens with zero attached hydrogens (tertiary/aromatic N) is 2. The number of benzene rings is 2. The molecular formula is C21H26N4O2. The first-order valence-corrected chi connectivity index (χ1v) is 9.11. The summed E-state index contributed by atoms with van der Waals surface area (Å²) in [4.78, 5) is 27.9. The van der Waals surface area contributed by atoms with Crippen molar-refractivity contribution in [1.29, 1.82) is 0 Å². The first-order valence-electron chi connectivity index (χ1n) is 9.11. The molecule has 1 aliphatic rings. The molecule has 6 nitrogen and oxygen atoms in total. The Hall–Kier alpha value is -3.02. The number of amides is 2. The lowest BCUT2D eigenvalue weighted by molar-refractivity contribution is -0.117. The normalized spacial score (nSPS) is 13.7. The highest BCUT2D eigenvalue weighted by atomic mass is 16.2. The lowest BCUT2D eigenvalue weighted by Gasteiger charge is -2.18.